The van der Waals surface area contributed by atoms with Crippen LogP contribution in [0.1, 0.15) is 13.8 Å². The molecule has 18 heavy (non-hydrogen) atoms. The smallest absolute Gasteiger partial charge is 0.308 e. The van der Waals surface area contributed by atoms with E-state index >= 15 is 0 Å². The zero-order valence-corrected chi connectivity index (χ0v) is 12.6. The second-order valence-electron chi connectivity index (χ2n) is 4.44. The van der Waals surface area contributed by atoms with Gasteiger partial charge in [-0.3, -0.25) is 14.9 Å². The van der Waals surface area contributed by atoms with Crippen LogP contribution in [0.5, 0.6) is 0 Å². The van der Waals surface area contributed by atoms with Crippen molar-refractivity contribution in [3.05, 3.63) is 37.2 Å². The van der Waals surface area contributed by atoms with Gasteiger partial charge in [-0.2, -0.15) is 12.6 Å². The summed E-state index contributed by atoms with van der Waals surface area (Å²) in [6, 6.07) is 1.23. The Morgan fingerprint density at radius 1 is 1.56 bits per heavy atom. The van der Waals surface area contributed by atoms with Crippen LogP contribution in [0.2, 0.25) is 0 Å². The fourth-order valence-corrected chi connectivity index (χ4v) is 2.58. The van der Waals surface area contributed by atoms with E-state index in [0.717, 1.165) is 0 Å². The van der Waals surface area contributed by atoms with E-state index in [0.29, 0.717) is 22.7 Å². The first-order valence-corrected chi connectivity index (χ1v) is 6.94. The average Bonchev–Trinajstić information content (AvgIpc) is 2.28. The Kier molecular flexibility index (Phi) is 5.40. The highest BCUT2D eigenvalue weighted by Crippen LogP contribution is 2.18. The van der Waals surface area contributed by atoms with Crippen molar-refractivity contribution in [1.29, 1.82) is 0 Å². The van der Waals surface area contributed by atoms with Gasteiger partial charge in [0, 0.05) is 23.3 Å². The number of halogens is 1. The summed E-state index contributed by atoms with van der Waals surface area (Å²) in [5.74, 6) is 1.18. The van der Waals surface area contributed by atoms with Gasteiger partial charge in [0.05, 0.1) is 4.92 Å². The van der Waals surface area contributed by atoms with Gasteiger partial charge >= 0.3 is 11.2 Å². The molecule has 0 amide bonds. The molecular weight excluding hydrogens is 320 g/mol. The van der Waals surface area contributed by atoms with E-state index in [4.69, 9.17) is 0 Å². The second-order valence-corrected chi connectivity index (χ2v) is 5.73. The summed E-state index contributed by atoms with van der Waals surface area (Å²) in [5, 5.41) is 10.8. The van der Waals surface area contributed by atoms with Crippen LogP contribution in [0.25, 0.3) is 0 Å². The van der Waals surface area contributed by atoms with Crippen molar-refractivity contribution in [3.63, 3.8) is 0 Å². The molecule has 0 saturated heterocycles. The number of nitro groups is 1. The number of aromatic nitrogens is 1. The monoisotopic (exact) mass is 334 g/mol. The minimum atomic E-state index is -0.658. The Balaban J connectivity index is 3.17. The summed E-state index contributed by atoms with van der Waals surface area (Å²) < 4.78 is 1.90. The minimum Gasteiger partial charge on any atom is -0.308 e. The highest BCUT2D eigenvalue weighted by molar-refractivity contribution is 9.10. The Bertz CT molecular complexity index is 502. The summed E-state index contributed by atoms with van der Waals surface area (Å²) in [6.45, 7) is 4.51. The maximum absolute atomic E-state index is 11.9. The van der Waals surface area contributed by atoms with Crippen LogP contribution < -0.4 is 5.56 Å². The molecule has 1 aromatic heterocycles. The van der Waals surface area contributed by atoms with Gasteiger partial charge in [-0.15, -0.1) is 0 Å². The largest absolute Gasteiger partial charge is 0.335 e. The Labute approximate surface area is 119 Å². The molecule has 0 aliphatic carbocycles. The number of hydrogen-bond acceptors (Lipinski definition) is 4. The Hall–Kier alpha value is -0.820. The van der Waals surface area contributed by atoms with E-state index in [1.54, 1.807) is 6.20 Å². The lowest BCUT2D eigenvalue weighted by Crippen LogP contribution is -2.28. The van der Waals surface area contributed by atoms with E-state index in [1.807, 2.05) is 13.8 Å². The normalized spacial score (nSPS) is 12.7. The molecule has 0 N–H and O–H groups in total. The second kappa shape index (κ2) is 6.38. The lowest BCUT2D eigenvalue weighted by Gasteiger charge is -2.19. The summed E-state index contributed by atoms with van der Waals surface area (Å²) in [5.41, 5.74) is -0.985. The van der Waals surface area contributed by atoms with Crippen molar-refractivity contribution in [1.82, 2.24) is 4.57 Å². The third-order valence-electron chi connectivity index (χ3n) is 2.84. The van der Waals surface area contributed by atoms with Gasteiger partial charge in [0.25, 0.3) is 0 Å². The molecule has 1 unspecified atom stereocenters. The lowest BCUT2D eigenvalue weighted by atomic mass is 9.98. The van der Waals surface area contributed by atoms with Gasteiger partial charge in [-0.05, 0) is 33.5 Å². The number of hydrogen-bond donors (Lipinski definition) is 1. The van der Waals surface area contributed by atoms with Gasteiger partial charge in [-0.1, -0.05) is 13.8 Å². The maximum Gasteiger partial charge on any atom is 0.335 e. The zero-order chi connectivity index (χ0) is 13.9. The SMILES string of the molecule is CC(C)C(CS)Cn1cc(Br)cc([N+](=O)[O-])c1=O. The molecule has 0 saturated carbocycles. The third kappa shape index (κ3) is 3.58. The molecule has 0 fully saturated rings. The van der Waals surface area contributed by atoms with Gasteiger partial charge in [0.2, 0.25) is 0 Å². The first-order chi connectivity index (χ1) is 8.36. The zero-order valence-electron chi connectivity index (χ0n) is 10.2. The number of thiol groups is 1. The van der Waals surface area contributed by atoms with Crippen LogP contribution in [0, 0.1) is 22.0 Å². The van der Waals surface area contributed by atoms with Gasteiger partial charge in [0.15, 0.2) is 0 Å². The van der Waals surface area contributed by atoms with Crippen LogP contribution >= 0.6 is 28.6 Å². The van der Waals surface area contributed by atoms with E-state index in [-0.39, 0.29) is 5.92 Å². The Morgan fingerprint density at radius 3 is 2.61 bits per heavy atom. The lowest BCUT2D eigenvalue weighted by molar-refractivity contribution is -0.386. The number of nitrogens with zero attached hydrogens (tertiary/aromatic N) is 2. The van der Waals surface area contributed by atoms with Gasteiger partial charge in [-0.25, -0.2) is 0 Å². The third-order valence-corrected chi connectivity index (χ3v) is 3.74. The molecule has 5 nitrogen and oxygen atoms in total. The van der Waals surface area contributed by atoms with E-state index in [1.165, 1.54) is 10.6 Å². The number of pyridine rings is 1. The standard InChI is InChI=1S/C11H15BrN2O3S/c1-7(2)8(6-18)4-13-5-9(12)3-10(11(13)15)14(16)17/h3,5,7-8,18H,4,6H2,1-2H3. The Morgan fingerprint density at radius 2 is 2.17 bits per heavy atom. The highest BCUT2D eigenvalue weighted by Gasteiger charge is 2.19. The summed E-state index contributed by atoms with van der Waals surface area (Å²) >= 11 is 7.43. The van der Waals surface area contributed by atoms with Crippen molar-refractivity contribution < 1.29 is 4.92 Å². The van der Waals surface area contributed by atoms with E-state index in [9.17, 15) is 14.9 Å². The molecule has 0 aliphatic heterocycles. The first kappa shape index (κ1) is 15.2. The maximum atomic E-state index is 11.9. The predicted octanol–water partition coefficient (Wildman–Crippen LogP) is 2.72. The fraction of sp³-hybridized carbons (Fsp3) is 0.545. The molecule has 0 radical (unpaired) electrons. The highest BCUT2D eigenvalue weighted by atomic mass is 79.9. The van der Waals surface area contributed by atoms with Crippen LogP contribution in [0.15, 0.2) is 21.5 Å². The van der Waals surface area contributed by atoms with Crippen LogP contribution in [-0.2, 0) is 6.54 Å². The topological polar surface area (TPSA) is 65.1 Å². The minimum absolute atomic E-state index is 0.194. The van der Waals surface area contributed by atoms with E-state index in [2.05, 4.69) is 28.6 Å². The molecule has 1 rings (SSSR count). The molecule has 1 heterocycles. The van der Waals surface area contributed by atoms with Crippen molar-refractivity contribution in [2.45, 2.75) is 20.4 Å². The summed E-state index contributed by atoms with van der Waals surface area (Å²) in [4.78, 5) is 22.0. The molecule has 1 aromatic rings. The summed E-state index contributed by atoms with van der Waals surface area (Å²) in [7, 11) is 0. The molecule has 7 heteroatoms. The van der Waals surface area contributed by atoms with Crippen LogP contribution in [0.4, 0.5) is 5.69 Å². The molecule has 1 atom stereocenters. The van der Waals surface area contributed by atoms with Crippen LogP contribution in [-0.4, -0.2) is 15.2 Å². The number of rotatable bonds is 5. The molecule has 0 aromatic carbocycles. The van der Waals surface area contributed by atoms with Gasteiger partial charge < -0.3 is 4.57 Å². The van der Waals surface area contributed by atoms with Crippen molar-refractivity contribution in [2.75, 3.05) is 5.75 Å². The average molecular weight is 335 g/mol. The van der Waals surface area contributed by atoms with Crippen LogP contribution in [0.3, 0.4) is 0 Å². The molecule has 100 valence electrons. The van der Waals surface area contributed by atoms with E-state index < -0.39 is 16.2 Å². The fourth-order valence-electron chi connectivity index (χ4n) is 1.58. The summed E-state index contributed by atoms with van der Waals surface area (Å²) in [6.07, 6.45) is 1.58. The first-order valence-electron chi connectivity index (χ1n) is 5.52. The molecule has 0 bridgehead atoms. The van der Waals surface area contributed by atoms with Crippen molar-refractivity contribution >= 4 is 34.2 Å². The molecule has 0 spiro atoms. The molecular formula is C11H15BrN2O3S. The van der Waals surface area contributed by atoms with Gasteiger partial charge in [0.1, 0.15) is 0 Å². The quantitative estimate of drug-likeness (QED) is 0.511. The van der Waals surface area contributed by atoms with Crippen molar-refractivity contribution in [2.24, 2.45) is 11.8 Å². The predicted molar refractivity (Wildman–Crippen MR) is 77.2 cm³/mol. The van der Waals surface area contributed by atoms with Crippen molar-refractivity contribution in [3.8, 4) is 0 Å². The molecule has 0 aliphatic rings.